The van der Waals surface area contributed by atoms with Gasteiger partial charge in [-0.15, -0.1) is 0 Å². The van der Waals surface area contributed by atoms with Gasteiger partial charge in [-0.2, -0.15) is 0 Å². The van der Waals surface area contributed by atoms with Crippen molar-refractivity contribution in [2.75, 3.05) is 19.8 Å². The molecular weight excluding hydrogens is 300 g/mol. The second-order valence-electron chi connectivity index (χ2n) is 5.27. The van der Waals surface area contributed by atoms with Crippen molar-refractivity contribution in [2.45, 2.75) is 60.3 Å². The van der Waals surface area contributed by atoms with Gasteiger partial charge in [-0.05, 0) is 46.5 Å². The number of esters is 3. The van der Waals surface area contributed by atoms with Crippen LogP contribution in [0, 0.1) is 11.3 Å². The number of carbonyl (C=O) groups is 3. The molecule has 0 unspecified atom stereocenters. The Balaban J connectivity index is 5.24. The molecule has 0 rings (SSSR count). The van der Waals surface area contributed by atoms with E-state index in [1.807, 2.05) is 6.92 Å². The maximum atomic E-state index is 12.4. The minimum absolute atomic E-state index is 0.190. The van der Waals surface area contributed by atoms with Crippen LogP contribution in [0.5, 0.6) is 0 Å². The highest BCUT2D eigenvalue weighted by atomic mass is 16.6. The molecule has 1 atom stereocenters. The zero-order valence-corrected chi connectivity index (χ0v) is 15.0. The molecule has 0 aromatic heterocycles. The molecule has 0 aliphatic rings. The molecule has 23 heavy (non-hydrogen) atoms. The van der Waals surface area contributed by atoms with Crippen molar-refractivity contribution in [3.05, 3.63) is 0 Å². The average Bonchev–Trinajstić information content (AvgIpc) is 2.52. The van der Waals surface area contributed by atoms with Gasteiger partial charge in [-0.3, -0.25) is 14.4 Å². The van der Waals surface area contributed by atoms with Gasteiger partial charge in [-0.1, -0.05) is 13.8 Å². The van der Waals surface area contributed by atoms with Gasteiger partial charge in [-0.25, -0.2) is 0 Å². The Hall–Kier alpha value is -1.59. The first-order valence-electron chi connectivity index (χ1n) is 8.44. The van der Waals surface area contributed by atoms with Gasteiger partial charge in [0.2, 0.25) is 0 Å². The van der Waals surface area contributed by atoms with E-state index in [4.69, 9.17) is 14.2 Å². The highest BCUT2D eigenvalue weighted by Gasteiger charge is 2.47. The molecule has 0 fully saturated rings. The Bertz CT molecular complexity index is 373. The van der Waals surface area contributed by atoms with Crippen LogP contribution >= 0.6 is 0 Å². The lowest BCUT2D eigenvalue weighted by molar-refractivity contribution is -0.174. The van der Waals surface area contributed by atoms with Crippen LogP contribution < -0.4 is 0 Å². The quantitative estimate of drug-likeness (QED) is 0.329. The van der Waals surface area contributed by atoms with E-state index in [-0.39, 0.29) is 37.9 Å². The Morgan fingerprint density at radius 1 is 0.826 bits per heavy atom. The Kier molecular flexibility index (Phi) is 10.3. The predicted octanol–water partition coefficient (Wildman–Crippen LogP) is 2.88. The van der Waals surface area contributed by atoms with Crippen LogP contribution in [0.15, 0.2) is 0 Å². The smallest absolute Gasteiger partial charge is 0.323 e. The third kappa shape index (κ3) is 5.84. The van der Waals surface area contributed by atoms with Crippen molar-refractivity contribution in [1.29, 1.82) is 0 Å². The van der Waals surface area contributed by atoms with Crippen molar-refractivity contribution in [3.8, 4) is 0 Å². The molecule has 0 aromatic rings. The standard InChI is InChI=1S/C17H30O6/c1-6-13(14(18)21-8-3)11-12-17(7-2,15(19)22-9-4)16(20)23-10-5/h13H,6-12H2,1-5H3/t13-/m1/s1. The Morgan fingerprint density at radius 2 is 1.30 bits per heavy atom. The molecule has 0 amide bonds. The molecule has 0 aliphatic carbocycles. The van der Waals surface area contributed by atoms with Gasteiger partial charge < -0.3 is 14.2 Å². The zero-order valence-electron chi connectivity index (χ0n) is 15.0. The van der Waals surface area contributed by atoms with Gasteiger partial charge in [0.1, 0.15) is 0 Å². The summed E-state index contributed by atoms with van der Waals surface area (Å²) in [4.78, 5) is 36.7. The largest absolute Gasteiger partial charge is 0.466 e. The third-order valence-electron chi connectivity index (χ3n) is 3.97. The van der Waals surface area contributed by atoms with E-state index in [1.54, 1.807) is 27.7 Å². The molecule has 6 nitrogen and oxygen atoms in total. The number of hydrogen-bond donors (Lipinski definition) is 0. The molecule has 0 saturated carbocycles. The number of rotatable bonds is 11. The van der Waals surface area contributed by atoms with E-state index in [0.717, 1.165) is 0 Å². The van der Waals surface area contributed by atoms with Gasteiger partial charge >= 0.3 is 17.9 Å². The summed E-state index contributed by atoms with van der Waals surface area (Å²) in [5.41, 5.74) is -1.36. The van der Waals surface area contributed by atoms with Crippen LogP contribution in [0.4, 0.5) is 0 Å². The van der Waals surface area contributed by atoms with E-state index in [2.05, 4.69) is 0 Å². The van der Waals surface area contributed by atoms with Gasteiger partial charge in [0.05, 0.1) is 25.7 Å². The predicted molar refractivity (Wildman–Crippen MR) is 85.6 cm³/mol. The fourth-order valence-corrected chi connectivity index (χ4v) is 2.46. The third-order valence-corrected chi connectivity index (χ3v) is 3.97. The molecule has 0 bridgehead atoms. The van der Waals surface area contributed by atoms with Crippen molar-refractivity contribution >= 4 is 17.9 Å². The summed E-state index contributed by atoms with van der Waals surface area (Å²) in [5.74, 6) is -1.81. The number of hydrogen-bond acceptors (Lipinski definition) is 6. The van der Waals surface area contributed by atoms with Gasteiger partial charge in [0.25, 0.3) is 0 Å². The molecule has 6 heteroatoms. The summed E-state index contributed by atoms with van der Waals surface area (Å²) in [5, 5.41) is 0. The minimum Gasteiger partial charge on any atom is -0.466 e. The van der Waals surface area contributed by atoms with E-state index in [1.165, 1.54) is 0 Å². The van der Waals surface area contributed by atoms with Crippen LogP contribution in [0.1, 0.15) is 60.3 Å². The summed E-state index contributed by atoms with van der Waals surface area (Å²) in [6.45, 7) is 9.45. The van der Waals surface area contributed by atoms with E-state index < -0.39 is 17.4 Å². The summed E-state index contributed by atoms with van der Waals surface area (Å²) in [6, 6.07) is 0. The topological polar surface area (TPSA) is 78.9 Å². The first kappa shape index (κ1) is 21.4. The fourth-order valence-electron chi connectivity index (χ4n) is 2.46. The second-order valence-corrected chi connectivity index (χ2v) is 5.27. The lowest BCUT2D eigenvalue weighted by Gasteiger charge is -2.29. The number of carbonyl (C=O) groups excluding carboxylic acids is 3. The second kappa shape index (κ2) is 11.0. The van der Waals surface area contributed by atoms with Gasteiger partial charge in [0.15, 0.2) is 5.41 Å². The molecule has 0 N–H and O–H groups in total. The molecule has 0 aliphatic heterocycles. The lowest BCUT2D eigenvalue weighted by atomic mass is 9.78. The van der Waals surface area contributed by atoms with Crippen LogP contribution in [0.2, 0.25) is 0 Å². The average molecular weight is 330 g/mol. The van der Waals surface area contributed by atoms with E-state index in [0.29, 0.717) is 19.4 Å². The van der Waals surface area contributed by atoms with Crippen molar-refractivity contribution in [3.63, 3.8) is 0 Å². The summed E-state index contributed by atoms with van der Waals surface area (Å²) in [7, 11) is 0. The summed E-state index contributed by atoms with van der Waals surface area (Å²) < 4.78 is 15.2. The SMILES string of the molecule is CCOC(=O)[C@H](CC)CCC(CC)(C(=O)OCC)C(=O)OCC. The molecule has 0 aromatic carbocycles. The van der Waals surface area contributed by atoms with Crippen LogP contribution in [0.3, 0.4) is 0 Å². The van der Waals surface area contributed by atoms with Crippen LogP contribution in [-0.4, -0.2) is 37.7 Å². The van der Waals surface area contributed by atoms with Crippen molar-refractivity contribution < 1.29 is 28.6 Å². The molecule has 0 saturated heterocycles. The van der Waals surface area contributed by atoms with E-state index in [9.17, 15) is 14.4 Å². The molecule has 134 valence electrons. The highest BCUT2D eigenvalue weighted by Crippen LogP contribution is 2.34. The van der Waals surface area contributed by atoms with Crippen molar-refractivity contribution in [2.24, 2.45) is 11.3 Å². The molecular formula is C17H30O6. The normalized spacial score (nSPS) is 12.4. The Morgan fingerprint density at radius 3 is 1.65 bits per heavy atom. The first-order valence-corrected chi connectivity index (χ1v) is 8.44. The zero-order chi connectivity index (χ0) is 17.9. The maximum Gasteiger partial charge on any atom is 0.323 e. The van der Waals surface area contributed by atoms with E-state index >= 15 is 0 Å². The first-order chi connectivity index (χ1) is 10.9. The summed E-state index contributed by atoms with van der Waals surface area (Å²) in [6.07, 6.45) is 1.44. The fraction of sp³-hybridized carbons (Fsp3) is 0.824. The molecule has 0 radical (unpaired) electrons. The van der Waals surface area contributed by atoms with Crippen molar-refractivity contribution in [1.82, 2.24) is 0 Å². The molecule has 0 heterocycles. The highest BCUT2D eigenvalue weighted by molar-refractivity contribution is 6.00. The van der Waals surface area contributed by atoms with Gasteiger partial charge in [0, 0.05) is 0 Å². The van der Waals surface area contributed by atoms with Crippen LogP contribution in [-0.2, 0) is 28.6 Å². The monoisotopic (exact) mass is 330 g/mol. The maximum absolute atomic E-state index is 12.4. The lowest BCUT2D eigenvalue weighted by Crippen LogP contribution is -2.42. The van der Waals surface area contributed by atoms with Crippen LogP contribution in [0.25, 0.3) is 0 Å². The minimum atomic E-state index is -1.36. The Labute approximate surface area is 138 Å². The molecule has 0 spiro atoms. The number of ether oxygens (including phenoxy) is 3. The summed E-state index contributed by atoms with van der Waals surface area (Å²) >= 11 is 0.